The Hall–Kier alpha value is -3.58. The van der Waals surface area contributed by atoms with Crippen LogP contribution in [0.1, 0.15) is 5.76 Å². The summed E-state index contributed by atoms with van der Waals surface area (Å²) in [4.78, 5) is 14.4. The van der Waals surface area contributed by atoms with Crippen LogP contribution >= 0.6 is 0 Å². The van der Waals surface area contributed by atoms with Crippen LogP contribution in [-0.4, -0.2) is 32.2 Å². The summed E-state index contributed by atoms with van der Waals surface area (Å²) < 4.78 is 24.1. The molecule has 7 heteroatoms. The molecule has 2 heterocycles. The number of hydrogen-bond donors (Lipinski definition) is 2. The third-order valence-electron chi connectivity index (χ3n) is 4.80. The van der Waals surface area contributed by atoms with Crippen LogP contribution in [0.25, 0.3) is 17.4 Å². The molecule has 3 aromatic rings. The molecule has 1 amide bonds. The monoisotopic (exact) mass is 407 g/mol. The molecule has 0 atom stereocenters. The number of halogens is 1. The van der Waals surface area contributed by atoms with Gasteiger partial charge < -0.3 is 25.1 Å². The number of amides is 1. The van der Waals surface area contributed by atoms with Gasteiger partial charge in [-0.2, -0.15) is 0 Å². The van der Waals surface area contributed by atoms with Crippen LogP contribution in [0.3, 0.4) is 0 Å². The number of furan rings is 1. The Morgan fingerprint density at radius 3 is 2.57 bits per heavy atom. The molecule has 0 aliphatic carbocycles. The molecule has 1 fully saturated rings. The molecule has 154 valence electrons. The fourth-order valence-electron chi connectivity index (χ4n) is 3.28. The molecule has 4 rings (SSSR count). The van der Waals surface area contributed by atoms with Crippen molar-refractivity contribution in [1.29, 1.82) is 0 Å². The first kappa shape index (κ1) is 19.7. The minimum Gasteiger partial charge on any atom is -0.457 e. The van der Waals surface area contributed by atoms with E-state index in [0.717, 1.165) is 24.3 Å². The molecule has 1 aliphatic heterocycles. The zero-order valence-electron chi connectivity index (χ0n) is 16.3. The second kappa shape index (κ2) is 8.84. The van der Waals surface area contributed by atoms with Crippen molar-refractivity contribution in [2.75, 3.05) is 42.3 Å². The van der Waals surface area contributed by atoms with Gasteiger partial charge in [-0.1, -0.05) is 0 Å². The first-order chi connectivity index (χ1) is 14.6. The summed E-state index contributed by atoms with van der Waals surface area (Å²) in [7, 11) is 0. The smallest absolute Gasteiger partial charge is 0.248 e. The zero-order valence-corrected chi connectivity index (χ0v) is 16.3. The third kappa shape index (κ3) is 4.69. The molecule has 0 saturated carbocycles. The van der Waals surface area contributed by atoms with Crippen molar-refractivity contribution in [3.8, 4) is 11.3 Å². The van der Waals surface area contributed by atoms with Crippen LogP contribution in [-0.2, 0) is 9.53 Å². The fourth-order valence-corrected chi connectivity index (χ4v) is 3.28. The van der Waals surface area contributed by atoms with E-state index in [2.05, 4.69) is 10.2 Å². The van der Waals surface area contributed by atoms with Gasteiger partial charge in [0.25, 0.3) is 0 Å². The Kier molecular flexibility index (Phi) is 5.81. The highest BCUT2D eigenvalue weighted by Gasteiger charge is 2.14. The quantitative estimate of drug-likeness (QED) is 0.490. The predicted molar refractivity (Wildman–Crippen MR) is 116 cm³/mol. The molecule has 0 unspecified atom stereocenters. The normalized spacial score (nSPS) is 14.2. The number of rotatable bonds is 5. The summed E-state index contributed by atoms with van der Waals surface area (Å²) >= 11 is 0. The minimum absolute atomic E-state index is 0.298. The van der Waals surface area contributed by atoms with E-state index in [1.54, 1.807) is 36.4 Å². The molecular weight excluding hydrogens is 385 g/mol. The number of hydrogen-bond acceptors (Lipinski definition) is 5. The van der Waals surface area contributed by atoms with E-state index < -0.39 is 0 Å². The van der Waals surface area contributed by atoms with Crippen LogP contribution in [0.5, 0.6) is 0 Å². The van der Waals surface area contributed by atoms with E-state index in [-0.39, 0.29) is 11.7 Å². The molecule has 0 bridgehead atoms. The van der Waals surface area contributed by atoms with Crippen molar-refractivity contribution in [2.24, 2.45) is 0 Å². The van der Waals surface area contributed by atoms with E-state index in [4.69, 9.17) is 14.9 Å². The molecule has 1 aliphatic rings. The predicted octanol–water partition coefficient (Wildman–Crippen LogP) is 4.16. The number of nitrogens with zero attached hydrogens (tertiary/aromatic N) is 1. The van der Waals surface area contributed by atoms with Gasteiger partial charge in [0.2, 0.25) is 5.91 Å². The van der Waals surface area contributed by atoms with Crippen molar-refractivity contribution in [1.82, 2.24) is 0 Å². The minimum atomic E-state index is -0.305. The highest BCUT2D eigenvalue weighted by molar-refractivity contribution is 6.02. The Bertz CT molecular complexity index is 1050. The van der Waals surface area contributed by atoms with E-state index in [9.17, 15) is 9.18 Å². The van der Waals surface area contributed by atoms with Gasteiger partial charge in [-0.25, -0.2) is 4.39 Å². The second-order valence-electron chi connectivity index (χ2n) is 6.90. The molecular formula is C23H22FN3O3. The van der Waals surface area contributed by atoms with Crippen molar-refractivity contribution in [3.05, 3.63) is 72.3 Å². The number of nitrogen functional groups attached to an aromatic ring is 1. The molecule has 6 nitrogen and oxygen atoms in total. The molecule has 1 saturated heterocycles. The zero-order chi connectivity index (χ0) is 20.9. The standard InChI is InChI=1S/C23H22FN3O3/c24-17-3-1-16(2-4-17)22-9-6-19(30-22)7-10-23(28)26-18-5-8-21(20(25)15-18)27-11-13-29-14-12-27/h1-10,15H,11-14,25H2,(H,26,28)/b10-7+. The maximum Gasteiger partial charge on any atom is 0.248 e. The molecule has 30 heavy (non-hydrogen) atoms. The van der Waals surface area contributed by atoms with Gasteiger partial charge in [0.15, 0.2) is 0 Å². The summed E-state index contributed by atoms with van der Waals surface area (Å²) in [5.74, 6) is 0.516. The van der Waals surface area contributed by atoms with Crippen LogP contribution < -0.4 is 16.0 Å². The molecule has 1 aromatic heterocycles. The number of benzene rings is 2. The lowest BCUT2D eigenvalue weighted by Gasteiger charge is -2.30. The highest BCUT2D eigenvalue weighted by atomic mass is 19.1. The van der Waals surface area contributed by atoms with Crippen molar-refractivity contribution in [2.45, 2.75) is 0 Å². The lowest BCUT2D eigenvalue weighted by molar-refractivity contribution is -0.111. The summed E-state index contributed by atoms with van der Waals surface area (Å²) in [6.45, 7) is 2.94. The first-order valence-corrected chi connectivity index (χ1v) is 9.65. The Morgan fingerprint density at radius 1 is 1.07 bits per heavy atom. The maximum absolute atomic E-state index is 13.0. The number of morpholine rings is 1. The Labute approximate surface area is 173 Å². The van der Waals surface area contributed by atoms with Crippen molar-refractivity contribution >= 4 is 29.0 Å². The average Bonchev–Trinajstić information content (AvgIpc) is 3.23. The van der Waals surface area contributed by atoms with Crippen LogP contribution in [0, 0.1) is 5.82 Å². The third-order valence-corrected chi connectivity index (χ3v) is 4.80. The fraction of sp³-hybridized carbons (Fsp3) is 0.174. The van der Waals surface area contributed by atoms with Gasteiger partial charge >= 0.3 is 0 Å². The average molecular weight is 407 g/mol. The lowest BCUT2D eigenvalue weighted by atomic mass is 10.2. The summed E-state index contributed by atoms with van der Waals surface area (Å²) in [6.07, 6.45) is 2.97. The second-order valence-corrected chi connectivity index (χ2v) is 6.90. The Balaban J connectivity index is 1.38. The molecule has 0 radical (unpaired) electrons. The number of nitrogens with two attached hydrogens (primary N) is 1. The molecule has 3 N–H and O–H groups in total. The van der Waals surface area contributed by atoms with Crippen molar-refractivity contribution < 1.29 is 18.3 Å². The van der Waals surface area contributed by atoms with Gasteiger partial charge in [0.1, 0.15) is 17.3 Å². The number of anilines is 3. The van der Waals surface area contributed by atoms with Crippen LogP contribution in [0.2, 0.25) is 0 Å². The summed E-state index contributed by atoms with van der Waals surface area (Å²) in [6, 6.07) is 15.0. The van der Waals surface area contributed by atoms with Gasteiger partial charge in [-0.15, -0.1) is 0 Å². The van der Waals surface area contributed by atoms with Crippen LogP contribution in [0.15, 0.2) is 65.1 Å². The number of carbonyl (C=O) groups is 1. The van der Waals surface area contributed by atoms with Crippen LogP contribution in [0.4, 0.5) is 21.5 Å². The number of carbonyl (C=O) groups excluding carboxylic acids is 1. The van der Waals surface area contributed by atoms with E-state index in [1.807, 2.05) is 12.1 Å². The van der Waals surface area contributed by atoms with Gasteiger partial charge in [0.05, 0.1) is 24.6 Å². The SMILES string of the molecule is Nc1cc(NC(=O)/C=C/c2ccc(-c3ccc(F)cc3)o2)ccc1N1CCOCC1. The highest BCUT2D eigenvalue weighted by Crippen LogP contribution is 2.27. The van der Waals surface area contributed by atoms with Gasteiger partial charge in [0, 0.05) is 30.4 Å². The number of nitrogens with one attached hydrogen (secondary N) is 1. The van der Waals surface area contributed by atoms with Crippen molar-refractivity contribution in [3.63, 3.8) is 0 Å². The first-order valence-electron chi connectivity index (χ1n) is 9.65. The van der Waals surface area contributed by atoms with E-state index in [0.29, 0.717) is 36.1 Å². The van der Waals surface area contributed by atoms with E-state index >= 15 is 0 Å². The largest absolute Gasteiger partial charge is 0.457 e. The van der Waals surface area contributed by atoms with Gasteiger partial charge in [-0.3, -0.25) is 4.79 Å². The lowest BCUT2D eigenvalue weighted by Crippen LogP contribution is -2.36. The summed E-state index contributed by atoms with van der Waals surface area (Å²) in [5, 5.41) is 2.80. The van der Waals surface area contributed by atoms with E-state index in [1.165, 1.54) is 18.2 Å². The molecule has 2 aromatic carbocycles. The van der Waals surface area contributed by atoms with Gasteiger partial charge in [-0.05, 0) is 60.7 Å². The topological polar surface area (TPSA) is 80.7 Å². The summed E-state index contributed by atoms with van der Waals surface area (Å²) in [5.41, 5.74) is 9.09. The maximum atomic E-state index is 13.0. The Morgan fingerprint density at radius 2 is 1.83 bits per heavy atom. The molecule has 0 spiro atoms. The number of ether oxygens (including phenoxy) is 1.